The van der Waals surface area contributed by atoms with Crippen LogP contribution in [0.25, 0.3) is 0 Å². The van der Waals surface area contributed by atoms with Crippen LogP contribution in [0, 0.1) is 22.0 Å². The average Bonchev–Trinajstić information content (AvgIpc) is 2.52. The monoisotopic (exact) mass is 363 g/mol. The Kier molecular flexibility index (Phi) is 6.18. The summed E-state index contributed by atoms with van der Waals surface area (Å²) in [5.41, 5.74) is 0.559. The quantitative estimate of drug-likeness (QED) is 0.593. The maximum atomic E-state index is 12.3. The summed E-state index contributed by atoms with van der Waals surface area (Å²) in [6.45, 7) is 7.31. The lowest BCUT2D eigenvalue weighted by Gasteiger charge is -2.36. The van der Waals surface area contributed by atoms with Crippen molar-refractivity contribution in [3.63, 3.8) is 0 Å². The molecular weight excluding hydrogens is 338 g/mol. The summed E-state index contributed by atoms with van der Waals surface area (Å²) in [4.78, 5) is 36.0. The van der Waals surface area contributed by atoms with Crippen LogP contribution in [0.2, 0.25) is 0 Å². The van der Waals surface area contributed by atoms with E-state index in [1.165, 1.54) is 6.07 Å². The van der Waals surface area contributed by atoms with Crippen molar-refractivity contribution < 1.29 is 19.6 Å². The summed E-state index contributed by atoms with van der Waals surface area (Å²) in [5.74, 6) is -0.655. The average molecular weight is 363 g/mol. The van der Waals surface area contributed by atoms with Crippen molar-refractivity contribution in [2.45, 2.75) is 39.7 Å². The molecule has 0 aromatic heterocycles. The molecule has 1 amide bonds. The summed E-state index contributed by atoms with van der Waals surface area (Å²) < 4.78 is 0. The molecule has 1 saturated heterocycles. The van der Waals surface area contributed by atoms with E-state index in [-0.39, 0.29) is 17.7 Å². The molecule has 0 aliphatic carbocycles. The van der Waals surface area contributed by atoms with Crippen LogP contribution in [0.1, 0.15) is 44.0 Å². The Hall–Kier alpha value is -2.64. The second-order valence-corrected chi connectivity index (χ2v) is 7.28. The number of aliphatic carboxylic acids is 1. The number of carboxylic acid groups (broad SMARTS) is 1. The number of rotatable bonds is 6. The molecule has 0 saturated carbocycles. The van der Waals surface area contributed by atoms with E-state index in [2.05, 4.69) is 19.2 Å². The van der Waals surface area contributed by atoms with Crippen LogP contribution in [0.4, 0.5) is 11.4 Å². The number of hydrogen-bond acceptors (Lipinski definition) is 5. The van der Waals surface area contributed by atoms with Crippen molar-refractivity contribution in [3.8, 4) is 0 Å². The van der Waals surface area contributed by atoms with Gasteiger partial charge in [-0.3, -0.25) is 19.7 Å². The van der Waals surface area contributed by atoms with E-state index in [9.17, 15) is 19.7 Å². The van der Waals surface area contributed by atoms with Gasteiger partial charge < -0.3 is 15.3 Å². The zero-order valence-electron chi connectivity index (χ0n) is 15.3. The van der Waals surface area contributed by atoms with Crippen molar-refractivity contribution in [2.75, 3.05) is 18.0 Å². The number of amides is 1. The van der Waals surface area contributed by atoms with Gasteiger partial charge in [-0.2, -0.15) is 0 Å². The minimum atomic E-state index is -1.02. The number of nitro benzene ring substituents is 1. The first-order chi connectivity index (χ1) is 12.2. The fourth-order valence-electron chi connectivity index (χ4n) is 3.56. The molecule has 1 aromatic carbocycles. The number of benzene rings is 1. The van der Waals surface area contributed by atoms with Crippen LogP contribution in [-0.4, -0.2) is 41.0 Å². The van der Waals surface area contributed by atoms with Gasteiger partial charge in [-0.25, -0.2) is 0 Å². The zero-order valence-corrected chi connectivity index (χ0v) is 15.3. The molecule has 3 unspecified atom stereocenters. The minimum Gasteiger partial charge on any atom is -0.481 e. The van der Waals surface area contributed by atoms with Gasteiger partial charge in [-0.1, -0.05) is 13.8 Å². The van der Waals surface area contributed by atoms with E-state index < -0.39 is 22.8 Å². The molecule has 0 spiro atoms. The van der Waals surface area contributed by atoms with E-state index in [4.69, 9.17) is 5.11 Å². The molecule has 26 heavy (non-hydrogen) atoms. The molecule has 2 rings (SSSR count). The zero-order chi connectivity index (χ0) is 19.4. The van der Waals surface area contributed by atoms with Gasteiger partial charge in [0.05, 0.1) is 11.3 Å². The summed E-state index contributed by atoms with van der Waals surface area (Å²) in [6.07, 6.45) is 0.877. The Morgan fingerprint density at radius 2 is 1.96 bits per heavy atom. The lowest BCUT2D eigenvalue weighted by Crippen LogP contribution is -2.39. The second-order valence-electron chi connectivity index (χ2n) is 7.28. The number of nitro groups is 1. The summed E-state index contributed by atoms with van der Waals surface area (Å²) >= 11 is 0. The van der Waals surface area contributed by atoms with Gasteiger partial charge in [0.2, 0.25) is 0 Å². The highest BCUT2D eigenvalue weighted by molar-refractivity contribution is 5.96. The predicted octanol–water partition coefficient (Wildman–Crippen LogP) is 2.67. The van der Waals surface area contributed by atoms with E-state index in [0.717, 1.165) is 19.5 Å². The van der Waals surface area contributed by atoms with Gasteiger partial charge >= 0.3 is 5.97 Å². The Morgan fingerprint density at radius 1 is 1.35 bits per heavy atom. The third-order valence-corrected chi connectivity index (χ3v) is 4.50. The van der Waals surface area contributed by atoms with Crippen LogP contribution >= 0.6 is 0 Å². The van der Waals surface area contributed by atoms with Gasteiger partial charge in [-0.05, 0) is 37.3 Å². The number of piperidine rings is 1. The summed E-state index contributed by atoms with van der Waals surface area (Å²) in [5, 5.41) is 22.9. The topological polar surface area (TPSA) is 113 Å². The Balaban J connectivity index is 2.24. The molecule has 1 aliphatic rings. The third kappa shape index (κ3) is 4.93. The highest BCUT2D eigenvalue weighted by Crippen LogP contribution is 2.33. The first-order valence-electron chi connectivity index (χ1n) is 8.73. The molecule has 8 nitrogen and oxygen atoms in total. The Morgan fingerprint density at radius 3 is 2.50 bits per heavy atom. The van der Waals surface area contributed by atoms with E-state index in [0.29, 0.717) is 17.5 Å². The molecule has 1 aliphatic heterocycles. The predicted molar refractivity (Wildman–Crippen MR) is 97.4 cm³/mol. The van der Waals surface area contributed by atoms with E-state index >= 15 is 0 Å². The number of hydrogen-bond donors (Lipinski definition) is 2. The number of nitrogens with one attached hydrogen (secondary N) is 1. The van der Waals surface area contributed by atoms with E-state index in [1.807, 2.05) is 4.90 Å². The van der Waals surface area contributed by atoms with Crippen molar-refractivity contribution in [2.24, 2.45) is 11.8 Å². The molecule has 8 heteroatoms. The molecular formula is C18H25N3O5. The second kappa shape index (κ2) is 8.16. The van der Waals surface area contributed by atoms with Crippen LogP contribution in [0.5, 0.6) is 0 Å². The normalized spacial score (nSPS) is 21.1. The number of carboxylic acids is 1. The maximum absolute atomic E-state index is 12.3. The van der Waals surface area contributed by atoms with Crippen LogP contribution in [0.15, 0.2) is 18.2 Å². The first kappa shape index (κ1) is 19.7. The number of anilines is 1. The number of carbonyl (C=O) groups is 2. The maximum Gasteiger partial charge on any atom is 0.305 e. The van der Waals surface area contributed by atoms with Gasteiger partial charge in [0, 0.05) is 30.8 Å². The summed E-state index contributed by atoms with van der Waals surface area (Å²) in [6, 6.07) is 3.86. The minimum absolute atomic E-state index is 0.107. The fraction of sp³-hybridized carbons (Fsp3) is 0.556. The smallest absolute Gasteiger partial charge is 0.305 e. The Bertz CT molecular complexity index is 696. The molecule has 1 heterocycles. The Labute approximate surface area is 152 Å². The highest BCUT2D eigenvalue weighted by Gasteiger charge is 2.28. The van der Waals surface area contributed by atoms with Gasteiger partial charge in [0.15, 0.2) is 0 Å². The molecule has 0 radical (unpaired) electrons. The standard InChI is InChI=1S/C18H25N3O5/c1-11-6-12(2)10-20(9-11)15-5-4-14(8-16(15)21(25)26)18(24)19-13(3)7-17(22)23/h4-5,8,11-13H,6-7,9-10H2,1-3H3,(H,19,24)(H,22,23). The summed E-state index contributed by atoms with van der Waals surface area (Å²) in [7, 11) is 0. The lowest BCUT2D eigenvalue weighted by molar-refractivity contribution is -0.384. The van der Waals surface area contributed by atoms with Gasteiger partial charge in [-0.15, -0.1) is 0 Å². The number of nitrogens with zero attached hydrogens (tertiary/aromatic N) is 2. The van der Waals surface area contributed by atoms with Gasteiger partial charge in [0.1, 0.15) is 5.69 Å². The molecule has 1 aromatic rings. The van der Waals surface area contributed by atoms with Crippen LogP contribution in [-0.2, 0) is 4.79 Å². The van der Waals surface area contributed by atoms with Crippen molar-refractivity contribution in [3.05, 3.63) is 33.9 Å². The highest BCUT2D eigenvalue weighted by atomic mass is 16.6. The van der Waals surface area contributed by atoms with E-state index in [1.54, 1.807) is 19.1 Å². The molecule has 0 bridgehead atoms. The largest absolute Gasteiger partial charge is 0.481 e. The molecule has 2 N–H and O–H groups in total. The van der Waals surface area contributed by atoms with Crippen LogP contribution in [0.3, 0.4) is 0 Å². The first-order valence-corrected chi connectivity index (χ1v) is 8.73. The molecule has 3 atom stereocenters. The van der Waals surface area contributed by atoms with Crippen molar-refractivity contribution >= 4 is 23.3 Å². The SMILES string of the molecule is CC1CC(C)CN(c2ccc(C(=O)NC(C)CC(=O)O)cc2[N+](=O)[O-])C1. The van der Waals surface area contributed by atoms with Crippen LogP contribution < -0.4 is 10.2 Å². The molecule has 1 fully saturated rings. The third-order valence-electron chi connectivity index (χ3n) is 4.50. The fourth-order valence-corrected chi connectivity index (χ4v) is 3.56. The number of carbonyl (C=O) groups excluding carboxylic acids is 1. The van der Waals surface area contributed by atoms with Crippen molar-refractivity contribution in [1.29, 1.82) is 0 Å². The lowest BCUT2D eigenvalue weighted by atomic mass is 9.91. The van der Waals surface area contributed by atoms with Gasteiger partial charge in [0.25, 0.3) is 11.6 Å². The molecule has 142 valence electrons. The van der Waals surface area contributed by atoms with Crippen molar-refractivity contribution in [1.82, 2.24) is 5.32 Å².